The first kappa shape index (κ1) is 9.58. The van der Waals surface area contributed by atoms with E-state index in [4.69, 9.17) is 0 Å². The maximum absolute atomic E-state index is 4.19. The van der Waals surface area contributed by atoms with E-state index in [0.29, 0.717) is 6.04 Å². The molecule has 1 N–H and O–H groups in total. The molecule has 4 heteroatoms. The van der Waals surface area contributed by atoms with Gasteiger partial charge in [-0.05, 0) is 43.9 Å². The third-order valence-electron chi connectivity index (χ3n) is 4.15. The predicted octanol–water partition coefficient (Wildman–Crippen LogP) is 2.77. The van der Waals surface area contributed by atoms with E-state index in [9.17, 15) is 0 Å². The number of hydrogen-bond donors (Lipinski definition) is 1. The normalized spacial score (nSPS) is 35.7. The number of nitrogens with zero attached hydrogens (tertiary/aromatic N) is 2. The topological polar surface area (TPSA) is 37.8 Å². The molecule has 4 unspecified atom stereocenters. The minimum Gasteiger partial charge on any atom is -0.358 e. The van der Waals surface area contributed by atoms with Gasteiger partial charge in [0.15, 0.2) is 0 Å². The minimum absolute atomic E-state index is 0.563. The summed E-state index contributed by atoms with van der Waals surface area (Å²) in [7, 11) is 0. The van der Waals surface area contributed by atoms with Crippen molar-refractivity contribution in [1.29, 1.82) is 0 Å². The second-order valence-corrected chi connectivity index (χ2v) is 5.80. The predicted molar refractivity (Wildman–Crippen MR) is 61.9 cm³/mol. The molecule has 0 spiro atoms. The van der Waals surface area contributed by atoms with Gasteiger partial charge in [0.2, 0.25) is 5.13 Å². The van der Waals surface area contributed by atoms with E-state index in [1.807, 2.05) is 0 Å². The zero-order chi connectivity index (χ0) is 10.3. The van der Waals surface area contributed by atoms with Crippen molar-refractivity contribution in [2.75, 3.05) is 5.32 Å². The molecule has 1 aromatic rings. The Morgan fingerprint density at radius 2 is 2.40 bits per heavy atom. The van der Waals surface area contributed by atoms with Crippen LogP contribution in [0.3, 0.4) is 0 Å². The number of aromatic nitrogens is 2. The molecule has 2 aliphatic carbocycles. The average Bonchev–Trinajstić information content (AvgIpc) is 2.93. The molecular formula is C11H17N3S. The Kier molecular flexibility index (Phi) is 2.39. The van der Waals surface area contributed by atoms with E-state index in [2.05, 4.69) is 21.6 Å². The van der Waals surface area contributed by atoms with Gasteiger partial charge in [-0.2, -0.15) is 4.37 Å². The maximum atomic E-state index is 4.19. The van der Waals surface area contributed by atoms with Crippen LogP contribution in [0.5, 0.6) is 0 Å². The molecule has 0 aromatic carbocycles. The van der Waals surface area contributed by atoms with Gasteiger partial charge in [0.25, 0.3) is 0 Å². The first-order valence-corrected chi connectivity index (χ1v) is 6.63. The van der Waals surface area contributed by atoms with E-state index < -0.39 is 0 Å². The van der Waals surface area contributed by atoms with Crippen LogP contribution in [0.1, 0.15) is 32.6 Å². The quantitative estimate of drug-likeness (QED) is 0.856. The molecule has 2 bridgehead atoms. The lowest BCUT2D eigenvalue weighted by molar-refractivity contribution is 0.304. The van der Waals surface area contributed by atoms with Gasteiger partial charge in [0.05, 0.1) is 0 Å². The fraction of sp³-hybridized carbons (Fsp3) is 0.818. The minimum atomic E-state index is 0.563. The number of rotatable bonds is 3. The lowest BCUT2D eigenvalue weighted by Gasteiger charge is -2.28. The summed E-state index contributed by atoms with van der Waals surface area (Å²) in [6.45, 7) is 2.30. The Labute approximate surface area is 94.5 Å². The summed E-state index contributed by atoms with van der Waals surface area (Å²) in [6.07, 6.45) is 7.47. The highest BCUT2D eigenvalue weighted by molar-refractivity contribution is 7.09. The van der Waals surface area contributed by atoms with Crippen LogP contribution in [0, 0.1) is 17.8 Å². The first-order chi connectivity index (χ1) is 7.33. The fourth-order valence-electron chi connectivity index (χ4n) is 3.44. The summed E-state index contributed by atoms with van der Waals surface area (Å²) in [5, 5.41) is 4.47. The Morgan fingerprint density at radius 3 is 3.00 bits per heavy atom. The molecule has 2 aliphatic rings. The summed E-state index contributed by atoms with van der Waals surface area (Å²) >= 11 is 1.46. The molecule has 0 aliphatic heterocycles. The van der Waals surface area contributed by atoms with Gasteiger partial charge in [-0.1, -0.05) is 6.42 Å². The largest absolute Gasteiger partial charge is 0.358 e. The number of anilines is 1. The van der Waals surface area contributed by atoms with Crippen molar-refractivity contribution in [2.24, 2.45) is 17.8 Å². The summed E-state index contributed by atoms with van der Waals surface area (Å²) < 4.78 is 4.02. The van der Waals surface area contributed by atoms with Crippen molar-refractivity contribution >= 4 is 16.7 Å². The Balaban J connectivity index is 1.63. The SMILES string of the molecule is CC(Nc1ncns1)C1CC2CCC1C2. The molecule has 2 fully saturated rings. The van der Waals surface area contributed by atoms with Gasteiger partial charge in [0, 0.05) is 17.6 Å². The van der Waals surface area contributed by atoms with Gasteiger partial charge < -0.3 is 5.32 Å². The van der Waals surface area contributed by atoms with E-state index in [1.165, 1.54) is 37.2 Å². The van der Waals surface area contributed by atoms with E-state index in [-0.39, 0.29) is 0 Å². The van der Waals surface area contributed by atoms with Crippen LogP contribution in [-0.4, -0.2) is 15.4 Å². The molecular weight excluding hydrogens is 206 g/mol. The van der Waals surface area contributed by atoms with Gasteiger partial charge in [-0.3, -0.25) is 0 Å². The van der Waals surface area contributed by atoms with Crippen LogP contribution >= 0.6 is 11.5 Å². The van der Waals surface area contributed by atoms with Crippen molar-refractivity contribution < 1.29 is 0 Å². The highest BCUT2D eigenvalue weighted by Crippen LogP contribution is 2.49. The molecule has 15 heavy (non-hydrogen) atoms. The lowest BCUT2D eigenvalue weighted by Crippen LogP contribution is -2.29. The van der Waals surface area contributed by atoms with E-state index in [0.717, 1.165) is 22.9 Å². The summed E-state index contributed by atoms with van der Waals surface area (Å²) in [6, 6.07) is 0.563. The Bertz CT molecular complexity index is 325. The first-order valence-electron chi connectivity index (χ1n) is 5.86. The molecule has 1 aromatic heterocycles. The molecule has 0 radical (unpaired) electrons. The highest BCUT2D eigenvalue weighted by atomic mass is 32.1. The molecule has 0 amide bonds. The van der Waals surface area contributed by atoms with Crippen LogP contribution in [0.2, 0.25) is 0 Å². The maximum Gasteiger partial charge on any atom is 0.202 e. The van der Waals surface area contributed by atoms with Crippen LogP contribution in [0.4, 0.5) is 5.13 Å². The monoisotopic (exact) mass is 223 g/mol. The molecule has 3 nitrogen and oxygen atoms in total. The molecule has 3 rings (SSSR count). The van der Waals surface area contributed by atoms with Crippen molar-refractivity contribution in [3.05, 3.63) is 6.33 Å². The summed E-state index contributed by atoms with van der Waals surface area (Å²) in [5.74, 6) is 2.87. The van der Waals surface area contributed by atoms with E-state index >= 15 is 0 Å². The summed E-state index contributed by atoms with van der Waals surface area (Å²) in [5.41, 5.74) is 0. The average molecular weight is 223 g/mol. The van der Waals surface area contributed by atoms with Gasteiger partial charge in [-0.25, -0.2) is 4.98 Å². The van der Waals surface area contributed by atoms with Crippen molar-refractivity contribution in [2.45, 2.75) is 38.6 Å². The number of fused-ring (bicyclic) bond motifs is 2. The van der Waals surface area contributed by atoms with Crippen LogP contribution in [0.15, 0.2) is 6.33 Å². The van der Waals surface area contributed by atoms with Crippen molar-refractivity contribution in [3.8, 4) is 0 Å². The van der Waals surface area contributed by atoms with Crippen molar-refractivity contribution in [3.63, 3.8) is 0 Å². The smallest absolute Gasteiger partial charge is 0.202 e. The third-order valence-corrected chi connectivity index (χ3v) is 4.74. The molecule has 0 saturated heterocycles. The standard InChI is InChI=1S/C11H17N3S/c1-7(14-11-12-6-13-15-11)10-5-8-2-3-9(10)4-8/h6-10H,2-5H2,1H3,(H,12,13,14). The molecule has 4 atom stereocenters. The third kappa shape index (κ3) is 1.75. The zero-order valence-electron chi connectivity index (χ0n) is 9.02. The van der Waals surface area contributed by atoms with E-state index in [1.54, 1.807) is 6.33 Å². The summed E-state index contributed by atoms with van der Waals surface area (Å²) in [4.78, 5) is 4.19. The Morgan fingerprint density at radius 1 is 1.47 bits per heavy atom. The number of hydrogen-bond acceptors (Lipinski definition) is 4. The van der Waals surface area contributed by atoms with Crippen LogP contribution in [-0.2, 0) is 0 Å². The second-order valence-electron chi connectivity index (χ2n) is 5.02. The lowest BCUT2D eigenvalue weighted by atomic mass is 9.84. The number of nitrogens with one attached hydrogen (secondary N) is 1. The zero-order valence-corrected chi connectivity index (χ0v) is 9.83. The molecule has 1 heterocycles. The second kappa shape index (κ2) is 3.74. The fourth-order valence-corrected chi connectivity index (χ4v) is 3.97. The van der Waals surface area contributed by atoms with Crippen LogP contribution in [0.25, 0.3) is 0 Å². The van der Waals surface area contributed by atoms with Gasteiger partial charge in [0.1, 0.15) is 6.33 Å². The highest BCUT2D eigenvalue weighted by Gasteiger charge is 2.41. The molecule has 82 valence electrons. The Hall–Kier alpha value is -0.640. The van der Waals surface area contributed by atoms with Gasteiger partial charge >= 0.3 is 0 Å². The van der Waals surface area contributed by atoms with Gasteiger partial charge in [-0.15, -0.1) is 0 Å². The van der Waals surface area contributed by atoms with Crippen molar-refractivity contribution in [1.82, 2.24) is 9.36 Å². The molecule has 2 saturated carbocycles. The van der Waals surface area contributed by atoms with Crippen LogP contribution < -0.4 is 5.32 Å².